The summed E-state index contributed by atoms with van der Waals surface area (Å²) in [5, 5.41) is 0. The van der Waals surface area contributed by atoms with E-state index in [-0.39, 0.29) is 31.6 Å². The summed E-state index contributed by atoms with van der Waals surface area (Å²) in [6, 6.07) is 0. The van der Waals surface area contributed by atoms with E-state index < -0.39 is 6.10 Å². The van der Waals surface area contributed by atoms with Gasteiger partial charge in [0, 0.05) is 19.4 Å². The second kappa shape index (κ2) is 49.4. The monoisotopic (exact) mass is 827 g/mol. The number of esters is 2. The fourth-order valence-corrected chi connectivity index (χ4v) is 5.70. The molecule has 0 radical (unpaired) electrons. The highest BCUT2D eigenvalue weighted by Gasteiger charge is 2.17. The first-order chi connectivity index (χ1) is 29.6. The fourth-order valence-electron chi connectivity index (χ4n) is 5.70. The zero-order valence-corrected chi connectivity index (χ0v) is 38.4. The Bertz CT molecular complexity index is 1300. The van der Waals surface area contributed by atoms with Crippen LogP contribution in [0.5, 0.6) is 0 Å². The fraction of sp³-hybridized carbons (Fsp3) is 0.564. The molecule has 0 saturated heterocycles. The predicted molar refractivity (Wildman–Crippen MR) is 260 cm³/mol. The van der Waals surface area contributed by atoms with Gasteiger partial charge < -0.3 is 14.2 Å². The Balaban J connectivity index is 4.49. The SMILES string of the molecule is CC/C=C\C/C=C\C/C=C\C/C=C\C/C=C\CCCCOCC(COC(=O)CC/C=C\C/C=C\C/C=C\C/C=C\CC)OC(=O)CCCCCCC/C=C\C/C=C\CCC. The molecule has 0 amide bonds. The van der Waals surface area contributed by atoms with Crippen LogP contribution in [0.3, 0.4) is 0 Å². The van der Waals surface area contributed by atoms with Gasteiger partial charge in [-0.25, -0.2) is 0 Å². The van der Waals surface area contributed by atoms with E-state index in [0.717, 1.165) is 116 Å². The van der Waals surface area contributed by atoms with Gasteiger partial charge in [0.15, 0.2) is 6.10 Å². The molecule has 0 aromatic carbocycles. The lowest BCUT2D eigenvalue weighted by atomic mass is 10.1. The molecule has 0 aromatic rings. The number of carbonyl (C=O) groups is 2. The van der Waals surface area contributed by atoms with E-state index in [1.54, 1.807) is 0 Å². The smallest absolute Gasteiger partial charge is 0.306 e. The van der Waals surface area contributed by atoms with E-state index in [0.29, 0.717) is 19.4 Å². The number of allylic oxidation sites excluding steroid dienone is 22. The summed E-state index contributed by atoms with van der Waals surface area (Å²) < 4.78 is 17.2. The van der Waals surface area contributed by atoms with Crippen molar-refractivity contribution in [1.82, 2.24) is 0 Å². The lowest BCUT2D eigenvalue weighted by Crippen LogP contribution is -2.30. The van der Waals surface area contributed by atoms with Gasteiger partial charge in [0.2, 0.25) is 0 Å². The number of unbranched alkanes of at least 4 members (excludes halogenated alkanes) is 8. The molecule has 0 bridgehead atoms. The van der Waals surface area contributed by atoms with Crippen molar-refractivity contribution in [3.05, 3.63) is 134 Å². The average molecular weight is 827 g/mol. The van der Waals surface area contributed by atoms with E-state index in [9.17, 15) is 9.59 Å². The van der Waals surface area contributed by atoms with Gasteiger partial charge in [-0.1, -0.05) is 180 Å². The number of rotatable bonds is 41. The maximum Gasteiger partial charge on any atom is 0.306 e. The number of ether oxygens (including phenoxy) is 3. The van der Waals surface area contributed by atoms with E-state index >= 15 is 0 Å². The number of hydrogen-bond acceptors (Lipinski definition) is 5. The highest BCUT2D eigenvalue weighted by molar-refractivity contribution is 5.70. The van der Waals surface area contributed by atoms with Crippen molar-refractivity contribution in [3.63, 3.8) is 0 Å². The molecule has 0 rings (SSSR count). The third-order valence-corrected chi connectivity index (χ3v) is 9.15. The lowest BCUT2D eigenvalue weighted by molar-refractivity contribution is -0.162. The van der Waals surface area contributed by atoms with Crippen molar-refractivity contribution in [2.75, 3.05) is 19.8 Å². The Morgan fingerprint density at radius 1 is 0.383 bits per heavy atom. The van der Waals surface area contributed by atoms with Gasteiger partial charge in [0.25, 0.3) is 0 Å². The van der Waals surface area contributed by atoms with Gasteiger partial charge >= 0.3 is 11.9 Å². The third kappa shape index (κ3) is 46.7. The highest BCUT2D eigenvalue weighted by Crippen LogP contribution is 2.11. The van der Waals surface area contributed by atoms with Gasteiger partial charge in [-0.2, -0.15) is 0 Å². The molecule has 336 valence electrons. The Morgan fingerprint density at radius 2 is 0.783 bits per heavy atom. The largest absolute Gasteiger partial charge is 0.462 e. The first-order valence-electron chi connectivity index (χ1n) is 23.7. The molecule has 1 atom stereocenters. The van der Waals surface area contributed by atoms with Crippen LogP contribution in [0.1, 0.15) is 175 Å². The van der Waals surface area contributed by atoms with Crippen molar-refractivity contribution in [2.24, 2.45) is 0 Å². The van der Waals surface area contributed by atoms with Crippen molar-refractivity contribution >= 4 is 11.9 Å². The number of hydrogen-bond donors (Lipinski definition) is 0. The number of carbonyl (C=O) groups excluding carboxylic acids is 2. The molecule has 0 spiro atoms. The lowest BCUT2D eigenvalue weighted by Gasteiger charge is -2.18. The van der Waals surface area contributed by atoms with Crippen molar-refractivity contribution in [2.45, 2.75) is 181 Å². The standard InChI is InChI=1S/C55H86O5/c1-4-7-10-13-16-19-22-25-26-27-28-29-32-35-38-41-44-47-50-58-51-53(60-55(57)49-46-43-40-37-34-31-24-21-18-15-12-9-6-3)52-59-54(56)48-45-42-39-36-33-30-23-20-17-14-11-8-5-2/h7-8,10-12,15-17,19-21,24-26,28-30,33,35,38-39,42,53H,4-6,9,13-14,18,22-23,27,31-32,34,36-37,40-41,43-52H2,1-3H3/b10-7-,11-8-,15-12-,19-16-,20-17-,24-21-,26-25-,29-28-,33-30-,38-35-,42-39-. The van der Waals surface area contributed by atoms with Gasteiger partial charge in [0.1, 0.15) is 6.61 Å². The molecule has 0 aliphatic rings. The van der Waals surface area contributed by atoms with Crippen LogP contribution in [0, 0.1) is 0 Å². The summed E-state index contributed by atoms with van der Waals surface area (Å²) >= 11 is 0. The van der Waals surface area contributed by atoms with Gasteiger partial charge in [-0.3, -0.25) is 9.59 Å². The molecule has 0 aliphatic heterocycles. The molecule has 5 heteroatoms. The van der Waals surface area contributed by atoms with Gasteiger partial charge in [-0.15, -0.1) is 0 Å². The van der Waals surface area contributed by atoms with Crippen LogP contribution in [0.15, 0.2) is 134 Å². The Morgan fingerprint density at radius 3 is 1.27 bits per heavy atom. The minimum absolute atomic E-state index is 0.0146. The topological polar surface area (TPSA) is 61.8 Å². The van der Waals surface area contributed by atoms with Gasteiger partial charge in [-0.05, 0) is 116 Å². The maximum atomic E-state index is 12.7. The molecule has 0 heterocycles. The molecule has 0 N–H and O–H groups in total. The molecule has 0 aromatic heterocycles. The molecule has 0 saturated carbocycles. The summed E-state index contributed by atoms with van der Waals surface area (Å²) in [6.45, 7) is 7.30. The first kappa shape index (κ1) is 56.0. The predicted octanol–water partition coefficient (Wildman–Crippen LogP) is 16.0. The summed E-state index contributed by atoms with van der Waals surface area (Å²) in [6.07, 6.45) is 70.4. The normalized spacial score (nSPS) is 13.4. The minimum atomic E-state index is -0.603. The minimum Gasteiger partial charge on any atom is -0.462 e. The molecular weight excluding hydrogens is 741 g/mol. The maximum absolute atomic E-state index is 12.7. The molecule has 0 aliphatic carbocycles. The van der Waals surface area contributed by atoms with Crippen LogP contribution in [-0.2, 0) is 23.8 Å². The van der Waals surface area contributed by atoms with Crippen molar-refractivity contribution in [1.29, 1.82) is 0 Å². The van der Waals surface area contributed by atoms with E-state index in [1.165, 1.54) is 19.3 Å². The third-order valence-electron chi connectivity index (χ3n) is 9.15. The Hall–Kier alpha value is -3.96. The van der Waals surface area contributed by atoms with Crippen LogP contribution in [0.4, 0.5) is 0 Å². The second-order valence-corrected chi connectivity index (χ2v) is 14.9. The molecule has 5 nitrogen and oxygen atoms in total. The zero-order chi connectivity index (χ0) is 43.5. The average Bonchev–Trinajstić information content (AvgIpc) is 3.25. The Labute approximate surface area is 369 Å². The van der Waals surface area contributed by atoms with E-state index in [1.807, 2.05) is 6.08 Å². The Kier molecular flexibility index (Phi) is 46.1. The van der Waals surface area contributed by atoms with Crippen LogP contribution in [0.25, 0.3) is 0 Å². The molecule has 60 heavy (non-hydrogen) atoms. The molecule has 1 unspecified atom stereocenters. The van der Waals surface area contributed by atoms with Crippen LogP contribution < -0.4 is 0 Å². The molecule has 0 fully saturated rings. The zero-order valence-electron chi connectivity index (χ0n) is 38.4. The van der Waals surface area contributed by atoms with Crippen LogP contribution >= 0.6 is 0 Å². The summed E-state index contributed by atoms with van der Waals surface area (Å²) in [5.41, 5.74) is 0. The summed E-state index contributed by atoms with van der Waals surface area (Å²) in [7, 11) is 0. The van der Waals surface area contributed by atoms with Crippen molar-refractivity contribution < 1.29 is 23.8 Å². The second-order valence-electron chi connectivity index (χ2n) is 14.9. The van der Waals surface area contributed by atoms with Gasteiger partial charge in [0.05, 0.1) is 6.61 Å². The highest BCUT2D eigenvalue weighted by atomic mass is 16.6. The van der Waals surface area contributed by atoms with Crippen LogP contribution in [0.2, 0.25) is 0 Å². The summed E-state index contributed by atoms with van der Waals surface area (Å²) in [5.74, 6) is -0.546. The van der Waals surface area contributed by atoms with Crippen LogP contribution in [-0.4, -0.2) is 37.9 Å². The first-order valence-corrected chi connectivity index (χ1v) is 23.7. The summed E-state index contributed by atoms with van der Waals surface area (Å²) in [4.78, 5) is 25.3. The van der Waals surface area contributed by atoms with E-state index in [4.69, 9.17) is 14.2 Å². The quantitative estimate of drug-likeness (QED) is 0.0349. The van der Waals surface area contributed by atoms with E-state index in [2.05, 4.69) is 148 Å². The molecular formula is C55H86O5. The van der Waals surface area contributed by atoms with Crippen molar-refractivity contribution in [3.8, 4) is 0 Å².